The first-order valence-electron chi connectivity index (χ1n) is 8.56. The molecule has 25 heavy (non-hydrogen) atoms. The zero-order chi connectivity index (χ0) is 18.1. The van der Waals surface area contributed by atoms with Crippen molar-refractivity contribution in [2.75, 3.05) is 19.8 Å². The predicted octanol–water partition coefficient (Wildman–Crippen LogP) is 4.50. The van der Waals surface area contributed by atoms with Gasteiger partial charge < -0.3 is 14.8 Å². The Morgan fingerprint density at radius 2 is 1.92 bits per heavy atom. The number of hydrogen-bond acceptors (Lipinski definition) is 3. The van der Waals surface area contributed by atoms with Gasteiger partial charge in [-0.1, -0.05) is 30.7 Å². The Hall–Kier alpha value is -2.20. The summed E-state index contributed by atoms with van der Waals surface area (Å²) in [5.41, 5.74) is 1.64. The van der Waals surface area contributed by atoms with E-state index in [1.54, 1.807) is 18.2 Å². The Morgan fingerprint density at radius 1 is 1.08 bits per heavy atom. The quantitative estimate of drug-likeness (QED) is 0.715. The molecule has 0 aromatic heterocycles. The Morgan fingerprint density at radius 3 is 2.64 bits per heavy atom. The Balaban J connectivity index is 1.97. The molecule has 0 saturated carbocycles. The van der Waals surface area contributed by atoms with Crippen molar-refractivity contribution in [3.05, 3.63) is 58.6 Å². The molecule has 2 rings (SSSR count). The lowest BCUT2D eigenvalue weighted by atomic mass is 10.1. The standard InChI is InChI=1S/C20H24ClNO3/c1-3-12-25-18-9-8-16(14-19(18)24-4-2)20(23)22-11-10-15-6-5-7-17(21)13-15/h5-9,13-14H,3-4,10-12H2,1-2H3,(H,22,23). The molecule has 0 aliphatic rings. The van der Waals surface area contributed by atoms with E-state index in [1.807, 2.05) is 38.1 Å². The third kappa shape index (κ3) is 5.98. The van der Waals surface area contributed by atoms with Gasteiger partial charge >= 0.3 is 0 Å². The van der Waals surface area contributed by atoms with Crippen molar-refractivity contribution in [1.82, 2.24) is 5.32 Å². The zero-order valence-corrected chi connectivity index (χ0v) is 15.4. The fourth-order valence-electron chi connectivity index (χ4n) is 2.36. The van der Waals surface area contributed by atoms with Crippen LogP contribution in [0.1, 0.15) is 36.2 Å². The summed E-state index contributed by atoms with van der Waals surface area (Å²) in [6.07, 6.45) is 1.64. The van der Waals surface area contributed by atoms with Gasteiger partial charge in [0.15, 0.2) is 11.5 Å². The van der Waals surface area contributed by atoms with Crippen molar-refractivity contribution in [3.63, 3.8) is 0 Å². The first kappa shape index (κ1) is 19.1. The Labute approximate surface area is 154 Å². The summed E-state index contributed by atoms with van der Waals surface area (Å²) in [5.74, 6) is 1.13. The topological polar surface area (TPSA) is 47.6 Å². The van der Waals surface area contributed by atoms with Crippen LogP contribution in [0.3, 0.4) is 0 Å². The number of nitrogens with one attached hydrogen (secondary N) is 1. The molecule has 0 bridgehead atoms. The van der Waals surface area contributed by atoms with Crippen LogP contribution in [0.5, 0.6) is 11.5 Å². The first-order valence-corrected chi connectivity index (χ1v) is 8.94. The molecule has 2 aromatic rings. The van der Waals surface area contributed by atoms with E-state index < -0.39 is 0 Å². The summed E-state index contributed by atoms with van der Waals surface area (Å²) in [7, 11) is 0. The van der Waals surface area contributed by atoms with Crippen molar-refractivity contribution >= 4 is 17.5 Å². The lowest BCUT2D eigenvalue weighted by Crippen LogP contribution is -2.25. The lowest BCUT2D eigenvalue weighted by Gasteiger charge is -2.13. The van der Waals surface area contributed by atoms with Gasteiger partial charge in [0.1, 0.15) is 0 Å². The number of hydrogen-bond donors (Lipinski definition) is 1. The number of benzene rings is 2. The number of halogens is 1. The SMILES string of the molecule is CCCOc1ccc(C(=O)NCCc2cccc(Cl)c2)cc1OCC. The molecule has 1 N–H and O–H groups in total. The van der Waals surface area contributed by atoms with Crippen LogP contribution in [0.4, 0.5) is 0 Å². The van der Waals surface area contributed by atoms with Crippen molar-refractivity contribution < 1.29 is 14.3 Å². The third-order valence-electron chi connectivity index (χ3n) is 3.56. The van der Waals surface area contributed by atoms with Crippen LogP contribution in [0.25, 0.3) is 0 Å². The van der Waals surface area contributed by atoms with Gasteiger partial charge in [-0.2, -0.15) is 0 Å². The summed E-state index contributed by atoms with van der Waals surface area (Å²) in [5, 5.41) is 3.62. The van der Waals surface area contributed by atoms with E-state index in [0.717, 1.165) is 18.4 Å². The van der Waals surface area contributed by atoms with E-state index in [1.165, 1.54) is 0 Å². The molecular weight excluding hydrogens is 338 g/mol. The van der Waals surface area contributed by atoms with Crippen molar-refractivity contribution in [2.24, 2.45) is 0 Å². The van der Waals surface area contributed by atoms with Gasteiger partial charge in [-0.3, -0.25) is 4.79 Å². The molecule has 1 amide bonds. The molecular formula is C20H24ClNO3. The maximum absolute atomic E-state index is 12.4. The predicted molar refractivity (Wildman–Crippen MR) is 101 cm³/mol. The maximum Gasteiger partial charge on any atom is 0.251 e. The molecule has 0 atom stereocenters. The molecule has 0 saturated heterocycles. The number of carbonyl (C=O) groups is 1. The molecule has 0 spiro atoms. The van der Waals surface area contributed by atoms with E-state index in [4.69, 9.17) is 21.1 Å². The highest BCUT2D eigenvalue weighted by Crippen LogP contribution is 2.28. The van der Waals surface area contributed by atoms with Gasteiger partial charge in [0.05, 0.1) is 13.2 Å². The minimum Gasteiger partial charge on any atom is -0.490 e. The summed E-state index contributed by atoms with van der Waals surface area (Å²) in [6, 6.07) is 12.9. The molecule has 134 valence electrons. The first-order chi connectivity index (χ1) is 12.1. The van der Waals surface area contributed by atoms with Crippen LogP contribution < -0.4 is 14.8 Å². The van der Waals surface area contributed by atoms with Gasteiger partial charge in [-0.15, -0.1) is 0 Å². The van der Waals surface area contributed by atoms with Gasteiger partial charge in [-0.25, -0.2) is 0 Å². The van der Waals surface area contributed by atoms with Gasteiger partial charge in [-0.05, 0) is 55.7 Å². The molecule has 0 heterocycles. The Bertz CT molecular complexity index is 703. The molecule has 2 aromatic carbocycles. The lowest BCUT2D eigenvalue weighted by molar-refractivity contribution is 0.0953. The monoisotopic (exact) mass is 361 g/mol. The second-order valence-electron chi connectivity index (χ2n) is 5.58. The summed E-state index contributed by atoms with van der Waals surface area (Å²) >= 11 is 5.97. The number of ether oxygens (including phenoxy) is 2. The van der Waals surface area contributed by atoms with Crippen LogP contribution in [0, 0.1) is 0 Å². The van der Waals surface area contributed by atoms with E-state index in [0.29, 0.717) is 41.8 Å². The van der Waals surface area contributed by atoms with Crippen molar-refractivity contribution in [2.45, 2.75) is 26.7 Å². The number of amides is 1. The van der Waals surface area contributed by atoms with Gasteiger partial charge in [0.2, 0.25) is 0 Å². The van der Waals surface area contributed by atoms with Gasteiger partial charge in [0.25, 0.3) is 5.91 Å². The van der Waals surface area contributed by atoms with E-state index in [9.17, 15) is 4.79 Å². The van der Waals surface area contributed by atoms with Gasteiger partial charge in [0, 0.05) is 17.1 Å². The van der Waals surface area contributed by atoms with E-state index in [2.05, 4.69) is 5.32 Å². The zero-order valence-electron chi connectivity index (χ0n) is 14.7. The van der Waals surface area contributed by atoms with Crippen LogP contribution in [0.2, 0.25) is 5.02 Å². The largest absolute Gasteiger partial charge is 0.490 e. The minimum absolute atomic E-state index is 0.134. The smallest absolute Gasteiger partial charge is 0.251 e. The molecule has 5 heteroatoms. The summed E-state index contributed by atoms with van der Waals surface area (Å²) < 4.78 is 11.2. The third-order valence-corrected chi connectivity index (χ3v) is 3.79. The van der Waals surface area contributed by atoms with Crippen LogP contribution in [-0.4, -0.2) is 25.7 Å². The van der Waals surface area contributed by atoms with Crippen molar-refractivity contribution in [1.29, 1.82) is 0 Å². The van der Waals surface area contributed by atoms with E-state index >= 15 is 0 Å². The molecule has 0 fully saturated rings. The number of carbonyl (C=O) groups excluding carboxylic acids is 1. The Kier molecular flexibility index (Phi) is 7.61. The highest BCUT2D eigenvalue weighted by Gasteiger charge is 2.11. The minimum atomic E-state index is -0.134. The second kappa shape index (κ2) is 9.94. The maximum atomic E-state index is 12.4. The summed E-state index contributed by atoms with van der Waals surface area (Å²) in [4.78, 5) is 12.4. The fourth-order valence-corrected chi connectivity index (χ4v) is 2.58. The van der Waals surface area contributed by atoms with Crippen molar-refractivity contribution in [3.8, 4) is 11.5 Å². The fraction of sp³-hybridized carbons (Fsp3) is 0.350. The average Bonchev–Trinajstić information content (AvgIpc) is 2.61. The highest BCUT2D eigenvalue weighted by molar-refractivity contribution is 6.30. The molecule has 0 aliphatic heterocycles. The highest BCUT2D eigenvalue weighted by atomic mass is 35.5. The molecule has 0 unspecified atom stereocenters. The van der Waals surface area contributed by atoms with Crippen LogP contribution in [-0.2, 0) is 6.42 Å². The molecule has 0 radical (unpaired) electrons. The number of rotatable bonds is 9. The molecule has 0 aliphatic carbocycles. The van der Waals surface area contributed by atoms with Crippen LogP contribution >= 0.6 is 11.6 Å². The van der Waals surface area contributed by atoms with E-state index in [-0.39, 0.29) is 5.91 Å². The van der Waals surface area contributed by atoms with Crippen LogP contribution in [0.15, 0.2) is 42.5 Å². The average molecular weight is 362 g/mol. The molecule has 4 nitrogen and oxygen atoms in total. The second-order valence-corrected chi connectivity index (χ2v) is 6.02. The summed E-state index contributed by atoms with van der Waals surface area (Å²) in [6.45, 7) is 5.62. The normalized spacial score (nSPS) is 10.4.